The van der Waals surface area contributed by atoms with Crippen molar-refractivity contribution >= 4 is 12.6 Å². The summed E-state index contributed by atoms with van der Waals surface area (Å²) in [5, 5.41) is 0. The Labute approximate surface area is 133 Å². The van der Waals surface area contributed by atoms with Crippen molar-refractivity contribution in [2.45, 2.75) is 45.1 Å². The van der Waals surface area contributed by atoms with E-state index >= 15 is 0 Å². The van der Waals surface area contributed by atoms with Gasteiger partial charge in [0.25, 0.3) is 0 Å². The van der Waals surface area contributed by atoms with Gasteiger partial charge in [-0.25, -0.2) is 0 Å². The zero-order valence-electron chi connectivity index (χ0n) is 13.3. The average Bonchev–Trinajstić information content (AvgIpc) is 2.45. The molecule has 21 heavy (non-hydrogen) atoms. The van der Waals surface area contributed by atoms with Crippen LogP contribution in [0.4, 0.5) is 0 Å². The molecular formula is C19H24OS. The van der Waals surface area contributed by atoms with Crippen LogP contribution in [0.15, 0.2) is 53.4 Å². The van der Waals surface area contributed by atoms with Gasteiger partial charge < -0.3 is 4.74 Å². The minimum Gasteiger partial charge on any atom is -0.489 e. The average molecular weight is 300 g/mol. The molecule has 0 spiro atoms. The second-order valence-electron chi connectivity index (χ2n) is 6.61. The molecule has 0 heterocycles. The molecule has 0 aliphatic rings. The van der Waals surface area contributed by atoms with E-state index in [9.17, 15) is 0 Å². The van der Waals surface area contributed by atoms with Gasteiger partial charge in [0.1, 0.15) is 12.4 Å². The highest BCUT2D eigenvalue weighted by Crippen LogP contribution is 2.34. The molecule has 0 fully saturated rings. The zero-order chi connectivity index (χ0) is 15.5. The van der Waals surface area contributed by atoms with Crippen LogP contribution in [0, 0.1) is 5.41 Å². The normalized spacial score (nSPS) is 13.0. The lowest BCUT2D eigenvalue weighted by atomic mass is 9.78. The van der Waals surface area contributed by atoms with Crippen molar-refractivity contribution in [3.05, 3.63) is 59.7 Å². The molecule has 1 unspecified atom stereocenters. The minimum atomic E-state index is 0.284. The second-order valence-corrected chi connectivity index (χ2v) is 7.13. The highest BCUT2D eigenvalue weighted by molar-refractivity contribution is 7.80. The fourth-order valence-corrected chi connectivity index (χ4v) is 2.26. The van der Waals surface area contributed by atoms with Crippen LogP contribution < -0.4 is 4.74 Å². The van der Waals surface area contributed by atoms with E-state index in [-0.39, 0.29) is 5.41 Å². The maximum absolute atomic E-state index is 5.78. The van der Waals surface area contributed by atoms with Crippen molar-refractivity contribution in [2.75, 3.05) is 0 Å². The van der Waals surface area contributed by atoms with Crippen LogP contribution >= 0.6 is 12.6 Å². The van der Waals surface area contributed by atoms with E-state index in [2.05, 4.69) is 64.6 Å². The fraction of sp³-hybridized carbons (Fsp3) is 0.368. The number of rotatable bonds is 4. The number of benzene rings is 2. The van der Waals surface area contributed by atoms with Crippen LogP contribution in [0.1, 0.15) is 44.7 Å². The van der Waals surface area contributed by atoms with Gasteiger partial charge >= 0.3 is 0 Å². The number of ether oxygens (including phenoxy) is 1. The van der Waals surface area contributed by atoms with Crippen LogP contribution in [-0.2, 0) is 6.61 Å². The lowest BCUT2D eigenvalue weighted by Crippen LogP contribution is -2.15. The molecule has 0 bridgehead atoms. The molecule has 2 heteroatoms. The molecule has 2 rings (SSSR count). The Morgan fingerprint density at radius 3 is 2.05 bits per heavy atom. The monoisotopic (exact) mass is 300 g/mol. The Kier molecular flexibility index (Phi) is 5.00. The predicted octanol–water partition coefficient (Wildman–Crippen LogP) is 5.70. The standard InChI is InChI=1S/C19H24OS/c1-14(19(2,3)4)16-7-5-15(6-8-16)13-20-17-9-11-18(21)12-10-17/h5-12,14,21H,13H2,1-4H3. The first-order valence-electron chi connectivity index (χ1n) is 7.37. The molecule has 1 nitrogen and oxygen atoms in total. The summed E-state index contributed by atoms with van der Waals surface area (Å²) in [6, 6.07) is 16.5. The summed E-state index contributed by atoms with van der Waals surface area (Å²) in [7, 11) is 0. The predicted molar refractivity (Wildman–Crippen MR) is 92.3 cm³/mol. The van der Waals surface area contributed by atoms with Gasteiger partial charge in [0, 0.05) is 4.90 Å². The lowest BCUT2D eigenvalue weighted by Gasteiger charge is -2.27. The minimum absolute atomic E-state index is 0.284. The molecule has 0 aromatic heterocycles. The third-order valence-electron chi connectivity index (χ3n) is 4.02. The van der Waals surface area contributed by atoms with Gasteiger partial charge in [-0.15, -0.1) is 12.6 Å². The first-order valence-corrected chi connectivity index (χ1v) is 7.81. The molecule has 0 amide bonds. The molecule has 0 saturated heterocycles. The third kappa shape index (κ3) is 4.53. The number of thiol groups is 1. The first-order chi connectivity index (χ1) is 9.86. The Balaban J connectivity index is 1.98. The third-order valence-corrected chi connectivity index (χ3v) is 4.32. The smallest absolute Gasteiger partial charge is 0.119 e. The Bertz CT molecular complexity index is 564. The quantitative estimate of drug-likeness (QED) is 0.712. The van der Waals surface area contributed by atoms with Crippen LogP contribution in [0.25, 0.3) is 0 Å². The molecule has 0 aliphatic heterocycles. The molecule has 0 N–H and O–H groups in total. The van der Waals surface area contributed by atoms with E-state index in [1.807, 2.05) is 24.3 Å². The maximum atomic E-state index is 5.78. The van der Waals surface area contributed by atoms with E-state index in [0.29, 0.717) is 12.5 Å². The van der Waals surface area contributed by atoms with Gasteiger partial charge in [0.2, 0.25) is 0 Å². The summed E-state index contributed by atoms with van der Waals surface area (Å²) in [6.45, 7) is 9.71. The van der Waals surface area contributed by atoms with Crippen LogP contribution in [0.2, 0.25) is 0 Å². The van der Waals surface area contributed by atoms with Crippen molar-refractivity contribution in [1.82, 2.24) is 0 Å². The van der Waals surface area contributed by atoms with Crippen LogP contribution in [0.3, 0.4) is 0 Å². The Morgan fingerprint density at radius 1 is 0.952 bits per heavy atom. The number of hydrogen-bond donors (Lipinski definition) is 1. The summed E-state index contributed by atoms with van der Waals surface area (Å²) in [4.78, 5) is 0.947. The van der Waals surface area contributed by atoms with Gasteiger partial charge in [-0.2, -0.15) is 0 Å². The summed E-state index contributed by atoms with van der Waals surface area (Å²) >= 11 is 4.27. The van der Waals surface area contributed by atoms with Crippen molar-refractivity contribution < 1.29 is 4.74 Å². The second kappa shape index (κ2) is 6.57. The maximum Gasteiger partial charge on any atom is 0.119 e. The van der Waals surface area contributed by atoms with Gasteiger partial charge in [0.15, 0.2) is 0 Å². The number of hydrogen-bond acceptors (Lipinski definition) is 2. The topological polar surface area (TPSA) is 9.23 Å². The molecular weight excluding hydrogens is 276 g/mol. The molecule has 112 valence electrons. The van der Waals surface area contributed by atoms with E-state index in [4.69, 9.17) is 4.74 Å². The van der Waals surface area contributed by atoms with Crippen molar-refractivity contribution in [2.24, 2.45) is 5.41 Å². The van der Waals surface area contributed by atoms with Gasteiger partial charge in [-0.3, -0.25) is 0 Å². The molecule has 2 aromatic rings. The summed E-state index contributed by atoms with van der Waals surface area (Å²) < 4.78 is 5.78. The van der Waals surface area contributed by atoms with Gasteiger partial charge in [-0.1, -0.05) is 52.0 Å². The fourth-order valence-electron chi connectivity index (χ4n) is 2.11. The van der Waals surface area contributed by atoms with Gasteiger partial charge in [0.05, 0.1) is 0 Å². The van der Waals surface area contributed by atoms with Crippen molar-refractivity contribution in [3.63, 3.8) is 0 Å². The van der Waals surface area contributed by atoms with Crippen molar-refractivity contribution in [3.8, 4) is 5.75 Å². The lowest BCUT2D eigenvalue weighted by molar-refractivity contribution is 0.305. The van der Waals surface area contributed by atoms with E-state index < -0.39 is 0 Å². The van der Waals surface area contributed by atoms with Gasteiger partial charge in [-0.05, 0) is 46.7 Å². The summed E-state index contributed by atoms with van der Waals surface area (Å²) in [5.41, 5.74) is 2.85. The zero-order valence-corrected chi connectivity index (χ0v) is 14.2. The van der Waals surface area contributed by atoms with Crippen molar-refractivity contribution in [1.29, 1.82) is 0 Å². The largest absolute Gasteiger partial charge is 0.489 e. The molecule has 1 atom stereocenters. The molecule has 0 radical (unpaired) electrons. The Morgan fingerprint density at radius 2 is 1.52 bits per heavy atom. The Hall–Kier alpha value is -1.41. The first kappa shape index (κ1) is 16.0. The highest BCUT2D eigenvalue weighted by Gasteiger charge is 2.21. The molecule has 0 aliphatic carbocycles. The highest BCUT2D eigenvalue weighted by atomic mass is 32.1. The van der Waals surface area contributed by atoms with Crippen LogP contribution in [-0.4, -0.2) is 0 Å². The van der Waals surface area contributed by atoms with E-state index in [1.165, 1.54) is 11.1 Å². The SMILES string of the molecule is CC(c1ccc(COc2ccc(S)cc2)cc1)C(C)(C)C. The summed E-state index contributed by atoms with van der Waals surface area (Å²) in [5.74, 6) is 1.41. The molecule has 0 saturated carbocycles. The van der Waals surface area contributed by atoms with Crippen LogP contribution in [0.5, 0.6) is 5.75 Å². The van der Waals surface area contributed by atoms with E-state index in [1.54, 1.807) is 0 Å². The molecule has 2 aromatic carbocycles. The summed E-state index contributed by atoms with van der Waals surface area (Å²) in [6.07, 6.45) is 0. The van der Waals surface area contributed by atoms with E-state index in [0.717, 1.165) is 10.6 Å².